The lowest BCUT2D eigenvalue weighted by molar-refractivity contribution is 0.592. The molecule has 0 aliphatic rings. The van der Waals surface area contributed by atoms with Gasteiger partial charge in [0, 0.05) is 15.9 Å². The standard InChI is InChI=1S/C50H33OP/c51-52(35-20-6-2-7-21-35,36-22-8-3-9-23-36)46-33-32-45(39-26-10-13-27-40(39)46)48-44-31-17-16-30-43(44)47(34-18-4-1-5-19-34)49-41-28-14-11-24-37(41)38-25-12-15-29-42(38)50(48)49/h1-33H. The van der Waals surface area contributed by atoms with E-state index in [2.05, 4.69) is 140 Å². The SMILES string of the molecule is O=P(c1ccccc1)(c1ccccc1)c1ccc(-c2c3ccccc3c(-c3ccccc3)c3c4ccccc4c4ccccc4c23)c2ccccc12. The van der Waals surface area contributed by atoms with Crippen molar-refractivity contribution in [2.24, 2.45) is 0 Å². The summed E-state index contributed by atoms with van der Waals surface area (Å²) in [7, 11) is -3.25. The van der Waals surface area contributed by atoms with Crippen molar-refractivity contribution in [1.82, 2.24) is 0 Å². The zero-order valence-corrected chi connectivity index (χ0v) is 29.3. The Morgan fingerprint density at radius 3 is 1.21 bits per heavy atom. The van der Waals surface area contributed by atoms with Gasteiger partial charge in [0.2, 0.25) is 0 Å². The molecule has 10 rings (SSSR count). The molecule has 0 radical (unpaired) electrons. The summed E-state index contributed by atoms with van der Waals surface area (Å²) in [4.78, 5) is 0. The molecule has 0 fully saturated rings. The third-order valence-corrected chi connectivity index (χ3v) is 13.8. The number of hydrogen-bond donors (Lipinski definition) is 0. The molecule has 0 aromatic heterocycles. The van der Waals surface area contributed by atoms with E-state index in [-0.39, 0.29) is 0 Å². The molecule has 0 N–H and O–H groups in total. The van der Waals surface area contributed by atoms with Gasteiger partial charge in [-0.15, -0.1) is 0 Å². The van der Waals surface area contributed by atoms with Gasteiger partial charge in [-0.2, -0.15) is 0 Å². The molecule has 0 spiro atoms. The summed E-state index contributed by atoms with van der Waals surface area (Å²) < 4.78 is 15.8. The maximum Gasteiger partial charge on any atom is 0.171 e. The first-order valence-corrected chi connectivity index (χ1v) is 19.5. The van der Waals surface area contributed by atoms with Gasteiger partial charge in [-0.1, -0.05) is 194 Å². The predicted molar refractivity (Wildman–Crippen MR) is 224 cm³/mol. The van der Waals surface area contributed by atoms with Gasteiger partial charge in [0.15, 0.2) is 7.14 Å². The summed E-state index contributed by atoms with van der Waals surface area (Å²) in [5, 5.41) is 14.5. The van der Waals surface area contributed by atoms with E-state index < -0.39 is 7.14 Å². The Morgan fingerprint density at radius 1 is 0.288 bits per heavy atom. The van der Waals surface area contributed by atoms with Gasteiger partial charge in [0.05, 0.1) is 0 Å². The van der Waals surface area contributed by atoms with E-state index in [1.54, 1.807) is 0 Å². The van der Waals surface area contributed by atoms with Crippen LogP contribution in [-0.4, -0.2) is 0 Å². The highest BCUT2D eigenvalue weighted by molar-refractivity contribution is 7.85. The Balaban J connectivity index is 1.41. The van der Waals surface area contributed by atoms with Crippen molar-refractivity contribution in [3.8, 4) is 22.3 Å². The highest BCUT2D eigenvalue weighted by atomic mass is 31.2. The average Bonchev–Trinajstić information content (AvgIpc) is 3.23. The molecule has 52 heavy (non-hydrogen) atoms. The van der Waals surface area contributed by atoms with Crippen molar-refractivity contribution >= 4 is 76.9 Å². The number of rotatable bonds is 5. The van der Waals surface area contributed by atoms with Crippen molar-refractivity contribution in [2.45, 2.75) is 0 Å². The number of hydrogen-bond acceptors (Lipinski definition) is 1. The van der Waals surface area contributed by atoms with Crippen molar-refractivity contribution in [3.63, 3.8) is 0 Å². The van der Waals surface area contributed by atoms with Crippen molar-refractivity contribution in [2.75, 3.05) is 0 Å². The van der Waals surface area contributed by atoms with Crippen molar-refractivity contribution in [3.05, 3.63) is 200 Å². The highest BCUT2D eigenvalue weighted by Crippen LogP contribution is 2.51. The zero-order valence-electron chi connectivity index (χ0n) is 28.4. The minimum Gasteiger partial charge on any atom is -0.309 e. The summed E-state index contributed by atoms with van der Waals surface area (Å²) in [6.45, 7) is 0. The Labute approximate surface area is 302 Å². The second-order valence-corrected chi connectivity index (χ2v) is 16.2. The van der Waals surface area contributed by atoms with E-state index >= 15 is 4.57 Å². The topological polar surface area (TPSA) is 17.1 Å². The quantitative estimate of drug-likeness (QED) is 0.100. The highest BCUT2D eigenvalue weighted by Gasteiger charge is 2.32. The van der Waals surface area contributed by atoms with Crippen LogP contribution in [0.3, 0.4) is 0 Å². The second-order valence-electron chi connectivity index (χ2n) is 13.5. The third kappa shape index (κ3) is 4.53. The van der Waals surface area contributed by atoms with Crippen LogP contribution in [0.2, 0.25) is 0 Å². The van der Waals surface area contributed by atoms with E-state index in [1.165, 1.54) is 59.8 Å². The molecule has 0 heterocycles. The van der Waals surface area contributed by atoms with Crippen LogP contribution in [0, 0.1) is 0 Å². The zero-order chi connectivity index (χ0) is 34.6. The fraction of sp³-hybridized carbons (Fsp3) is 0. The van der Waals surface area contributed by atoms with E-state index in [0.29, 0.717) is 0 Å². The molecular formula is C50H33OP. The molecule has 0 aliphatic carbocycles. The fourth-order valence-electron chi connectivity index (χ4n) is 8.51. The molecule has 1 nitrogen and oxygen atoms in total. The normalized spacial score (nSPS) is 11.9. The maximum atomic E-state index is 15.8. The van der Waals surface area contributed by atoms with E-state index in [9.17, 15) is 0 Å². The molecular weight excluding hydrogens is 648 g/mol. The molecule has 2 heteroatoms. The first-order chi connectivity index (χ1) is 25.7. The third-order valence-electron chi connectivity index (χ3n) is 10.7. The Bertz CT molecular complexity index is 2980. The molecule has 244 valence electrons. The minimum atomic E-state index is -3.25. The van der Waals surface area contributed by atoms with E-state index in [4.69, 9.17) is 0 Å². The maximum absolute atomic E-state index is 15.8. The first kappa shape index (κ1) is 30.5. The van der Waals surface area contributed by atoms with Crippen LogP contribution in [0.25, 0.3) is 76.1 Å². The van der Waals surface area contributed by atoms with Crippen molar-refractivity contribution in [1.29, 1.82) is 0 Å². The number of benzene rings is 10. The summed E-state index contributed by atoms with van der Waals surface area (Å²) in [5.74, 6) is 0. The van der Waals surface area contributed by atoms with E-state index in [0.717, 1.165) is 32.2 Å². The lowest BCUT2D eigenvalue weighted by Gasteiger charge is -2.24. The molecule has 0 unspecified atom stereocenters. The Kier molecular flexibility index (Phi) is 7.17. The summed E-state index contributed by atoms with van der Waals surface area (Å²) in [6.07, 6.45) is 0. The number of fused-ring (bicyclic) bond motifs is 8. The fourth-order valence-corrected chi connectivity index (χ4v) is 11.4. The summed E-state index contributed by atoms with van der Waals surface area (Å²) in [5.41, 5.74) is 4.77. The molecule has 0 bridgehead atoms. The van der Waals surface area contributed by atoms with Crippen LogP contribution in [0.1, 0.15) is 0 Å². The van der Waals surface area contributed by atoms with Gasteiger partial charge in [-0.3, -0.25) is 0 Å². The molecule has 10 aromatic carbocycles. The largest absolute Gasteiger partial charge is 0.309 e. The molecule has 0 amide bonds. The van der Waals surface area contributed by atoms with Gasteiger partial charge in [-0.25, -0.2) is 0 Å². The van der Waals surface area contributed by atoms with Gasteiger partial charge in [-0.05, 0) is 82.2 Å². The summed E-state index contributed by atoms with van der Waals surface area (Å²) >= 11 is 0. The average molecular weight is 681 g/mol. The van der Waals surface area contributed by atoms with Crippen LogP contribution in [-0.2, 0) is 4.57 Å². The van der Waals surface area contributed by atoms with Gasteiger partial charge < -0.3 is 4.57 Å². The van der Waals surface area contributed by atoms with Crippen LogP contribution < -0.4 is 15.9 Å². The summed E-state index contributed by atoms with van der Waals surface area (Å²) in [6, 6.07) is 70.3. The predicted octanol–water partition coefficient (Wildman–Crippen LogP) is 12.4. The van der Waals surface area contributed by atoms with E-state index in [1.807, 2.05) is 60.7 Å². The van der Waals surface area contributed by atoms with Gasteiger partial charge in [0.1, 0.15) is 0 Å². The molecule has 0 saturated carbocycles. The second kappa shape index (κ2) is 12.2. The lowest BCUT2D eigenvalue weighted by Crippen LogP contribution is -2.25. The van der Waals surface area contributed by atoms with Gasteiger partial charge in [0.25, 0.3) is 0 Å². The molecule has 0 atom stereocenters. The van der Waals surface area contributed by atoms with Crippen LogP contribution >= 0.6 is 7.14 Å². The Hall–Kier alpha value is -6.27. The van der Waals surface area contributed by atoms with Crippen molar-refractivity contribution < 1.29 is 4.57 Å². The first-order valence-electron chi connectivity index (χ1n) is 17.8. The smallest absolute Gasteiger partial charge is 0.171 e. The molecule has 0 aliphatic heterocycles. The lowest BCUT2D eigenvalue weighted by atomic mass is 9.81. The minimum absolute atomic E-state index is 0.833. The molecule has 0 saturated heterocycles. The van der Waals surface area contributed by atoms with Gasteiger partial charge >= 0.3 is 0 Å². The van der Waals surface area contributed by atoms with Crippen LogP contribution in [0.4, 0.5) is 0 Å². The van der Waals surface area contributed by atoms with Crippen LogP contribution in [0.5, 0.6) is 0 Å². The Morgan fingerprint density at radius 2 is 0.673 bits per heavy atom. The monoisotopic (exact) mass is 680 g/mol. The molecule has 10 aromatic rings. The van der Waals surface area contributed by atoms with Crippen LogP contribution in [0.15, 0.2) is 200 Å².